The molecule has 0 spiro atoms. The van der Waals surface area contributed by atoms with Crippen molar-refractivity contribution < 1.29 is 5.11 Å². The lowest BCUT2D eigenvalue weighted by Crippen LogP contribution is -1.93. The van der Waals surface area contributed by atoms with Crippen LogP contribution in [0.3, 0.4) is 0 Å². The highest BCUT2D eigenvalue weighted by molar-refractivity contribution is 5.40. The third kappa shape index (κ3) is 7.22. The molecule has 1 rings (SSSR count). The maximum atomic E-state index is 8.36. The van der Waals surface area contributed by atoms with Gasteiger partial charge in [-0.15, -0.1) is 0 Å². The van der Waals surface area contributed by atoms with Crippen LogP contribution in [0.4, 0.5) is 0 Å². The fourth-order valence-electron chi connectivity index (χ4n) is 0.497. The van der Waals surface area contributed by atoms with Crippen molar-refractivity contribution in [2.24, 2.45) is 0 Å². The molecule has 1 N–H and O–H groups in total. The summed E-state index contributed by atoms with van der Waals surface area (Å²) in [6.45, 7) is 7.30. The van der Waals surface area contributed by atoms with Gasteiger partial charge in [-0.05, 0) is 31.6 Å². The zero-order chi connectivity index (χ0) is 10.1. The Bertz CT molecular complexity index is 219. The molecule has 1 unspecified atom stereocenters. The molecular formula is C11H17NO. The second-order valence-electron chi connectivity index (χ2n) is 2.72. The fraction of sp³-hybridized carbons (Fsp3) is 0.364. The van der Waals surface area contributed by atoms with Crippen LogP contribution >= 0.6 is 0 Å². The molecular weight excluding hydrogens is 162 g/mol. The lowest BCUT2D eigenvalue weighted by molar-refractivity contribution is 0.191. The first kappa shape index (κ1) is 11.8. The molecule has 72 valence electrons. The van der Waals surface area contributed by atoms with Gasteiger partial charge in [-0.1, -0.05) is 19.6 Å². The van der Waals surface area contributed by atoms with Crippen molar-refractivity contribution >= 4 is 6.08 Å². The van der Waals surface area contributed by atoms with Crippen molar-refractivity contribution in [1.82, 2.24) is 4.98 Å². The average molecular weight is 179 g/mol. The Morgan fingerprint density at radius 3 is 2.46 bits per heavy atom. The van der Waals surface area contributed by atoms with Crippen molar-refractivity contribution in [2.75, 3.05) is 0 Å². The molecule has 0 amide bonds. The molecule has 2 nitrogen and oxygen atoms in total. The molecule has 0 aliphatic carbocycles. The van der Waals surface area contributed by atoms with E-state index < -0.39 is 0 Å². The Morgan fingerprint density at radius 1 is 1.62 bits per heavy atom. The first-order valence-corrected chi connectivity index (χ1v) is 4.42. The molecule has 2 heteroatoms. The molecule has 0 radical (unpaired) electrons. The van der Waals surface area contributed by atoms with Crippen molar-refractivity contribution in [3.63, 3.8) is 0 Å². The quantitative estimate of drug-likeness (QED) is 0.756. The lowest BCUT2D eigenvalue weighted by Gasteiger charge is -1.90. The maximum absolute atomic E-state index is 8.36. The van der Waals surface area contributed by atoms with Crippen LogP contribution in [0.15, 0.2) is 31.0 Å². The number of pyridine rings is 1. The molecule has 0 aliphatic heterocycles. The summed E-state index contributed by atoms with van der Waals surface area (Å²) in [5, 5.41) is 8.36. The molecule has 1 aromatic heterocycles. The Balaban J connectivity index is 0.000000252. The van der Waals surface area contributed by atoms with E-state index in [4.69, 9.17) is 5.11 Å². The molecule has 13 heavy (non-hydrogen) atoms. The summed E-state index contributed by atoms with van der Waals surface area (Å²) in [5.74, 6) is 0. The predicted octanol–water partition coefficient (Wildman–Crippen LogP) is 2.50. The van der Waals surface area contributed by atoms with E-state index in [0.29, 0.717) is 0 Å². The number of hydrogen-bond donors (Lipinski definition) is 1. The van der Waals surface area contributed by atoms with E-state index in [0.717, 1.165) is 12.1 Å². The zero-order valence-corrected chi connectivity index (χ0v) is 8.27. The summed E-state index contributed by atoms with van der Waals surface area (Å²) in [7, 11) is 0. The van der Waals surface area contributed by atoms with Crippen LogP contribution in [0.2, 0.25) is 0 Å². The lowest BCUT2D eigenvalue weighted by atomic mass is 10.3. The van der Waals surface area contributed by atoms with Gasteiger partial charge in [0.2, 0.25) is 0 Å². The monoisotopic (exact) mass is 179 g/mol. The number of aliphatic hydroxyl groups excluding tert-OH is 1. The molecule has 0 bridgehead atoms. The molecule has 0 aromatic carbocycles. The predicted molar refractivity (Wildman–Crippen MR) is 56.3 cm³/mol. The largest absolute Gasteiger partial charge is 0.393 e. The maximum Gasteiger partial charge on any atom is 0.0623 e. The average Bonchev–Trinajstić information content (AvgIpc) is 2.20. The van der Waals surface area contributed by atoms with Gasteiger partial charge in [-0.3, -0.25) is 4.98 Å². The van der Waals surface area contributed by atoms with Gasteiger partial charge in [0.15, 0.2) is 0 Å². The third-order valence-electron chi connectivity index (χ3n) is 1.49. The minimum absolute atomic E-state index is 0.116. The summed E-state index contributed by atoms with van der Waals surface area (Å²) >= 11 is 0. The second kappa shape index (κ2) is 7.50. The number of rotatable bonds is 2. The number of aromatic nitrogens is 1. The van der Waals surface area contributed by atoms with E-state index in [2.05, 4.69) is 11.6 Å². The van der Waals surface area contributed by atoms with Gasteiger partial charge in [-0.2, -0.15) is 0 Å². The molecule has 0 saturated carbocycles. The first-order chi connectivity index (χ1) is 6.20. The van der Waals surface area contributed by atoms with Gasteiger partial charge < -0.3 is 5.11 Å². The highest BCUT2D eigenvalue weighted by Crippen LogP contribution is 1.91. The molecule has 1 aromatic rings. The van der Waals surface area contributed by atoms with Crippen LogP contribution < -0.4 is 0 Å². The van der Waals surface area contributed by atoms with E-state index in [1.165, 1.54) is 0 Å². The highest BCUT2D eigenvalue weighted by atomic mass is 16.3. The second-order valence-corrected chi connectivity index (χ2v) is 2.72. The summed E-state index contributed by atoms with van der Waals surface area (Å²) in [4.78, 5) is 3.98. The Morgan fingerprint density at radius 2 is 2.23 bits per heavy atom. The molecule has 0 aliphatic rings. The van der Waals surface area contributed by atoms with Crippen molar-refractivity contribution in [3.8, 4) is 0 Å². The minimum atomic E-state index is -0.116. The van der Waals surface area contributed by atoms with E-state index in [1.807, 2.05) is 25.1 Å². The van der Waals surface area contributed by atoms with Gasteiger partial charge in [0.05, 0.1) is 11.8 Å². The third-order valence-corrected chi connectivity index (χ3v) is 1.49. The van der Waals surface area contributed by atoms with Gasteiger partial charge in [0.25, 0.3) is 0 Å². The van der Waals surface area contributed by atoms with Crippen LogP contribution in [0.25, 0.3) is 6.08 Å². The topological polar surface area (TPSA) is 33.1 Å². The van der Waals surface area contributed by atoms with Crippen molar-refractivity contribution in [2.45, 2.75) is 26.4 Å². The van der Waals surface area contributed by atoms with Gasteiger partial charge >= 0.3 is 0 Å². The van der Waals surface area contributed by atoms with Gasteiger partial charge in [0, 0.05) is 6.20 Å². The normalized spacial score (nSPS) is 11.0. The number of aliphatic hydroxyl groups is 1. The molecule has 1 atom stereocenters. The first-order valence-electron chi connectivity index (χ1n) is 4.42. The van der Waals surface area contributed by atoms with Crippen LogP contribution in [0.1, 0.15) is 26.0 Å². The van der Waals surface area contributed by atoms with Crippen LogP contribution in [-0.2, 0) is 0 Å². The molecule has 0 fully saturated rings. The molecule has 1 heterocycles. The summed E-state index contributed by atoms with van der Waals surface area (Å²) < 4.78 is 0. The molecule has 0 saturated heterocycles. The SMILES string of the molecule is C=Cc1ccccn1.CCC(C)O. The van der Waals surface area contributed by atoms with Gasteiger partial charge in [0.1, 0.15) is 0 Å². The van der Waals surface area contributed by atoms with Crippen LogP contribution in [0.5, 0.6) is 0 Å². The van der Waals surface area contributed by atoms with Crippen LogP contribution in [-0.4, -0.2) is 16.2 Å². The highest BCUT2D eigenvalue weighted by Gasteiger charge is 1.81. The Labute approximate surface area is 80.0 Å². The van der Waals surface area contributed by atoms with Gasteiger partial charge in [-0.25, -0.2) is 0 Å². The summed E-state index contributed by atoms with van der Waals surface area (Å²) in [6.07, 6.45) is 4.21. The van der Waals surface area contributed by atoms with E-state index in [1.54, 1.807) is 19.2 Å². The smallest absolute Gasteiger partial charge is 0.0623 e. The van der Waals surface area contributed by atoms with Crippen molar-refractivity contribution in [3.05, 3.63) is 36.7 Å². The standard InChI is InChI=1S/C7H7N.C4H10O/c1-2-7-5-3-4-6-8-7;1-3-4(2)5/h2-6H,1H2;4-5H,3H2,1-2H3. The fourth-order valence-corrected chi connectivity index (χ4v) is 0.497. The van der Waals surface area contributed by atoms with E-state index in [-0.39, 0.29) is 6.10 Å². The Hall–Kier alpha value is -1.15. The summed E-state index contributed by atoms with van der Waals surface area (Å²) in [6, 6.07) is 5.73. The Kier molecular flexibility index (Phi) is 6.83. The number of hydrogen-bond acceptors (Lipinski definition) is 2. The van der Waals surface area contributed by atoms with E-state index >= 15 is 0 Å². The minimum Gasteiger partial charge on any atom is -0.393 e. The van der Waals surface area contributed by atoms with Crippen LogP contribution in [0, 0.1) is 0 Å². The van der Waals surface area contributed by atoms with Crippen molar-refractivity contribution in [1.29, 1.82) is 0 Å². The zero-order valence-electron chi connectivity index (χ0n) is 8.27. The van der Waals surface area contributed by atoms with E-state index in [9.17, 15) is 0 Å². The summed E-state index contributed by atoms with van der Waals surface area (Å²) in [5.41, 5.74) is 0.924. The number of nitrogens with zero attached hydrogens (tertiary/aromatic N) is 1.